The summed E-state index contributed by atoms with van der Waals surface area (Å²) in [5.74, 6) is -0.401. The smallest absolute Gasteiger partial charge is 0.336 e. The fraction of sp³-hybridized carbons (Fsp3) is 0.235. The monoisotopic (exact) mass is 363 g/mol. The van der Waals surface area contributed by atoms with E-state index in [1.54, 1.807) is 6.07 Å². The van der Waals surface area contributed by atoms with Crippen LogP contribution in [0.3, 0.4) is 0 Å². The van der Waals surface area contributed by atoms with Gasteiger partial charge in [0.1, 0.15) is 5.75 Å². The van der Waals surface area contributed by atoms with Crippen LogP contribution in [0.5, 0.6) is 5.75 Å². The molecule has 22 heavy (non-hydrogen) atoms. The number of ether oxygens (including phenoxy) is 1. The van der Waals surface area contributed by atoms with Crippen LogP contribution >= 0.6 is 15.9 Å². The number of aryl methyl sites for hydroxylation is 1. The van der Waals surface area contributed by atoms with E-state index in [1.165, 1.54) is 7.11 Å². The number of aromatic carboxylic acids is 1. The van der Waals surface area contributed by atoms with Crippen LogP contribution in [-0.4, -0.2) is 18.2 Å². The number of carboxylic acids is 1. The third-order valence-corrected chi connectivity index (χ3v) is 4.49. The highest BCUT2D eigenvalue weighted by Crippen LogP contribution is 2.26. The molecule has 0 saturated heterocycles. The molecule has 2 N–H and O–H groups in total. The summed E-state index contributed by atoms with van der Waals surface area (Å²) in [5, 5.41) is 12.7. The molecule has 0 amide bonds. The van der Waals surface area contributed by atoms with Gasteiger partial charge in [0.25, 0.3) is 0 Å². The van der Waals surface area contributed by atoms with Gasteiger partial charge in [-0.15, -0.1) is 0 Å². The largest absolute Gasteiger partial charge is 0.497 e. The standard InChI is InChI=1S/C17H18BrNO3/c1-10-7-12(22-3)8-13(17(20)21)14(10)9-19-16-6-4-5-15(18)11(16)2/h4-8,19H,9H2,1-3H3,(H,20,21). The molecule has 2 aromatic carbocycles. The Labute approximate surface area is 138 Å². The van der Waals surface area contributed by atoms with Crippen LogP contribution in [0.15, 0.2) is 34.8 Å². The lowest BCUT2D eigenvalue weighted by Gasteiger charge is -2.15. The van der Waals surface area contributed by atoms with Gasteiger partial charge >= 0.3 is 5.97 Å². The SMILES string of the molecule is COc1cc(C)c(CNc2cccc(Br)c2C)c(C(=O)O)c1. The fourth-order valence-corrected chi connectivity index (χ4v) is 2.68. The van der Waals surface area contributed by atoms with E-state index in [9.17, 15) is 9.90 Å². The van der Waals surface area contributed by atoms with Gasteiger partial charge in [-0.3, -0.25) is 0 Å². The molecule has 0 heterocycles. The lowest BCUT2D eigenvalue weighted by Crippen LogP contribution is -2.10. The molecule has 0 saturated carbocycles. The third-order valence-electron chi connectivity index (χ3n) is 3.64. The summed E-state index contributed by atoms with van der Waals surface area (Å²) in [5.41, 5.74) is 3.97. The van der Waals surface area contributed by atoms with Crippen molar-refractivity contribution in [2.45, 2.75) is 20.4 Å². The molecular formula is C17H18BrNO3. The summed E-state index contributed by atoms with van der Waals surface area (Å²) < 4.78 is 6.16. The van der Waals surface area contributed by atoms with E-state index in [2.05, 4.69) is 21.2 Å². The first-order chi connectivity index (χ1) is 10.4. The minimum atomic E-state index is -0.954. The Morgan fingerprint density at radius 2 is 2.05 bits per heavy atom. The van der Waals surface area contributed by atoms with Crippen molar-refractivity contribution >= 4 is 27.6 Å². The summed E-state index contributed by atoms with van der Waals surface area (Å²) >= 11 is 3.49. The Kier molecular flexibility index (Phi) is 5.08. The van der Waals surface area contributed by atoms with Crippen LogP contribution in [0, 0.1) is 13.8 Å². The van der Waals surface area contributed by atoms with E-state index >= 15 is 0 Å². The van der Waals surface area contributed by atoms with E-state index in [0.717, 1.165) is 26.9 Å². The molecule has 5 heteroatoms. The maximum Gasteiger partial charge on any atom is 0.336 e. The van der Waals surface area contributed by atoms with Crippen molar-refractivity contribution in [1.29, 1.82) is 0 Å². The normalized spacial score (nSPS) is 10.4. The van der Waals surface area contributed by atoms with E-state index in [1.807, 2.05) is 38.1 Å². The highest BCUT2D eigenvalue weighted by molar-refractivity contribution is 9.10. The number of nitrogens with one attached hydrogen (secondary N) is 1. The molecule has 0 unspecified atom stereocenters. The van der Waals surface area contributed by atoms with Crippen molar-refractivity contribution in [3.63, 3.8) is 0 Å². The number of carboxylic acid groups (broad SMARTS) is 1. The van der Waals surface area contributed by atoms with Crippen molar-refractivity contribution < 1.29 is 14.6 Å². The van der Waals surface area contributed by atoms with E-state index < -0.39 is 5.97 Å². The van der Waals surface area contributed by atoms with Gasteiger partial charge in [0.05, 0.1) is 12.7 Å². The van der Waals surface area contributed by atoms with Crippen LogP contribution in [0.25, 0.3) is 0 Å². The predicted octanol–water partition coefficient (Wildman–Crippen LogP) is 4.38. The Hall–Kier alpha value is -2.01. The Bertz CT molecular complexity index is 713. The molecule has 0 aromatic heterocycles. The quantitative estimate of drug-likeness (QED) is 0.827. The van der Waals surface area contributed by atoms with Crippen LogP contribution in [0.2, 0.25) is 0 Å². The Morgan fingerprint density at radius 3 is 2.68 bits per heavy atom. The zero-order chi connectivity index (χ0) is 16.3. The highest BCUT2D eigenvalue weighted by atomic mass is 79.9. The van der Waals surface area contributed by atoms with Gasteiger partial charge in [0, 0.05) is 16.7 Å². The van der Waals surface area contributed by atoms with Crippen molar-refractivity contribution in [2.24, 2.45) is 0 Å². The number of halogens is 1. The van der Waals surface area contributed by atoms with Crippen LogP contribution < -0.4 is 10.1 Å². The molecule has 0 aliphatic heterocycles. The maximum absolute atomic E-state index is 11.5. The molecule has 2 rings (SSSR count). The Balaban J connectivity index is 2.33. The molecule has 0 spiro atoms. The first-order valence-corrected chi connectivity index (χ1v) is 7.63. The summed E-state index contributed by atoms with van der Waals surface area (Å²) in [6.45, 7) is 4.33. The van der Waals surface area contributed by atoms with Gasteiger partial charge in [-0.2, -0.15) is 0 Å². The summed E-state index contributed by atoms with van der Waals surface area (Å²) in [6, 6.07) is 9.29. The van der Waals surface area contributed by atoms with Gasteiger partial charge in [-0.1, -0.05) is 22.0 Å². The average Bonchev–Trinajstić information content (AvgIpc) is 2.49. The topological polar surface area (TPSA) is 58.6 Å². The molecule has 0 aliphatic rings. The van der Waals surface area contributed by atoms with Gasteiger partial charge in [-0.25, -0.2) is 4.79 Å². The molecular weight excluding hydrogens is 346 g/mol. The fourth-order valence-electron chi connectivity index (χ4n) is 2.31. The van der Waals surface area contributed by atoms with Gasteiger partial charge in [0.15, 0.2) is 0 Å². The summed E-state index contributed by atoms with van der Waals surface area (Å²) in [6.07, 6.45) is 0. The number of methoxy groups -OCH3 is 1. The first-order valence-electron chi connectivity index (χ1n) is 6.83. The maximum atomic E-state index is 11.5. The van der Waals surface area contributed by atoms with E-state index in [0.29, 0.717) is 12.3 Å². The number of hydrogen-bond donors (Lipinski definition) is 2. The number of anilines is 1. The summed E-state index contributed by atoms with van der Waals surface area (Å²) in [4.78, 5) is 11.5. The number of benzene rings is 2. The van der Waals surface area contributed by atoms with Gasteiger partial charge < -0.3 is 15.2 Å². The molecule has 0 bridgehead atoms. The Morgan fingerprint density at radius 1 is 1.32 bits per heavy atom. The van der Waals surface area contributed by atoms with Crippen molar-refractivity contribution in [3.05, 3.63) is 57.1 Å². The van der Waals surface area contributed by atoms with E-state index in [-0.39, 0.29) is 5.56 Å². The molecule has 0 fully saturated rings. The van der Waals surface area contributed by atoms with Crippen LogP contribution in [0.4, 0.5) is 5.69 Å². The lowest BCUT2D eigenvalue weighted by molar-refractivity contribution is 0.0695. The zero-order valence-electron chi connectivity index (χ0n) is 12.7. The van der Waals surface area contributed by atoms with Gasteiger partial charge in [0.2, 0.25) is 0 Å². The predicted molar refractivity (Wildman–Crippen MR) is 90.9 cm³/mol. The lowest BCUT2D eigenvalue weighted by atomic mass is 10.0. The highest BCUT2D eigenvalue weighted by Gasteiger charge is 2.15. The second kappa shape index (κ2) is 6.83. The molecule has 4 nitrogen and oxygen atoms in total. The van der Waals surface area contributed by atoms with Crippen LogP contribution in [-0.2, 0) is 6.54 Å². The van der Waals surface area contributed by atoms with E-state index in [4.69, 9.17) is 4.74 Å². The van der Waals surface area contributed by atoms with Crippen molar-refractivity contribution in [3.8, 4) is 5.75 Å². The minimum Gasteiger partial charge on any atom is -0.497 e. The molecule has 2 aromatic rings. The molecule has 116 valence electrons. The van der Waals surface area contributed by atoms with Crippen LogP contribution in [0.1, 0.15) is 27.0 Å². The number of rotatable bonds is 5. The number of carbonyl (C=O) groups is 1. The van der Waals surface area contributed by atoms with Crippen molar-refractivity contribution in [2.75, 3.05) is 12.4 Å². The second-order valence-corrected chi connectivity index (χ2v) is 5.90. The molecule has 0 radical (unpaired) electrons. The average molecular weight is 364 g/mol. The zero-order valence-corrected chi connectivity index (χ0v) is 14.3. The molecule has 0 atom stereocenters. The molecule has 0 aliphatic carbocycles. The number of hydrogen-bond acceptors (Lipinski definition) is 3. The third kappa shape index (κ3) is 3.42. The van der Waals surface area contributed by atoms with Gasteiger partial charge in [-0.05, 0) is 54.8 Å². The van der Waals surface area contributed by atoms with Crippen molar-refractivity contribution in [1.82, 2.24) is 0 Å². The second-order valence-electron chi connectivity index (χ2n) is 5.04. The summed E-state index contributed by atoms with van der Waals surface area (Å²) in [7, 11) is 1.53. The minimum absolute atomic E-state index is 0.261. The first kappa shape index (κ1) is 16.4.